The zero-order chi connectivity index (χ0) is 13.5. The van der Waals surface area contributed by atoms with Crippen LogP contribution in [-0.4, -0.2) is 24.5 Å². The first kappa shape index (κ1) is 14.9. The first-order valence-electron chi connectivity index (χ1n) is 7.30. The summed E-state index contributed by atoms with van der Waals surface area (Å²) in [5.41, 5.74) is 7.50. The molecule has 0 saturated carbocycles. The summed E-state index contributed by atoms with van der Waals surface area (Å²) in [5, 5.41) is 0. The van der Waals surface area contributed by atoms with Gasteiger partial charge in [0.15, 0.2) is 0 Å². The summed E-state index contributed by atoms with van der Waals surface area (Å²) in [7, 11) is 0. The normalized spacial score (nSPS) is 20.6. The highest BCUT2D eigenvalue weighted by Crippen LogP contribution is 2.22. The molecule has 0 bridgehead atoms. The van der Waals surface area contributed by atoms with Gasteiger partial charge >= 0.3 is 0 Å². The molecule has 2 unspecified atom stereocenters. The summed E-state index contributed by atoms with van der Waals surface area (Å²) in [5.74, 6) is 1.01. The molecule has 2 nitrogen and oxygen atoms in total. The van der Waals surface area contributed by atoms with E-state index in [4.69, 9.17) is 10.5 Å². The molecule has 2 rings (SSSR count). The standard InChI is InChI=1S/C16H25NOS/c1-13-5-2-9-16(11-13)19-12-14(17)6-3-7-15-8-4-10-18-15/h2,5,9,11,14-15H,3-4,6-8,10,12,17H2,1H3. The molecule has 2 atom stereocenters. The minimum Gasteiger partial charge on any atom is -0.378 e. The predicted molar refractivity (Wildman–Crippen MR) is 82.7 cm³/mol. The fraction of sp³-hybridized carbons (Fsp3) is 0.625. The van der Waals surface area contributed by atoms with E-state index in [1.54, 1.807) is 0 Å². The van der Waals surface area contributed by atoms with Gasteiger partial charge in [0.2, 0.25) is 0 Å². The van der Waals surface area contributed by atoms with E-state index in [1.807, 2.05) is 11.8 Å². The molecule has 1 aromatic carbocycles. The molecule has 0 amide bonds. The van der Waals surface area contributed by atoms with Gasteiger partial charge < -0.3 is 10.5 Å². The summed E-state index contributed by atoms with van der Waals surface area (Å²) in [6.07, 6.45) is 6.48. The maximum Gasteiger partial charge on any atom is 0.0576 e. The molecule has 0 spiro atoms. The quantitative estimate of drug-likeness (QED) is 0.772. The molecular weight excluding hydrogens is 254 g/mol. The minimum absolute atomic E-state index is 0.298. The van der Waals surface area contributed by atoms with E-state index in [9.17, 15) is 0 Å². The Hall–Kier alpha value is -0.510. The molecular formula is C16H25NOS. The van der Waals surface area contributed by atoms with Crippen molar-refractivity contribution in [2.45, 2.75) is 56.1 Å². The molecule has 1 heterocycles. The monoisotopic (exact) mass is 279 g/mol. The molecule has 0 aromatic heterocycles. The zero-order valence-electron chi connectivity index (χ0n) is 11.8. The SMILES string of the molecule is Cc1cccc(SCC(N)CCCC2CCCO2)c1. The first-order valence-corrected chi connectivity index (χ1v) is 8.29. The number of hydrogen-bond donors (Lipinski definition) is 1. The Morgan fingerprint density at radius 3 is 3.11 bits per heavy atom. The molecule has 106 valence electrons. The van der Waals surface area contributed by atoms with E-state index < -0.39 is 0 Å². The van der Waals surface area contributed by atoms with Gasteiger partial charge in [-0.25, -0.2) is 0 Å². The van der Waals surface area contributed by atoms with E-state index in [-0.39, 0.29) is 0 Å². The van der Waals surface area contributed by atoms with E-state index in [0.717, 1.165) is 18.8 Å². The molecule has 0 radical (unpaired) electrons. The van der Waals surface area contributed by atoms with Gasteiger partial charge in [-0.15, -0.1) is 11.8 Å². The highest BCUT2D eigenvalue weighted by atomic mass is 32.2. The third kappa shape index (κ3) is 5.55. The van der Waals surface area contributed by atoms with Crippen molar-refractivity contribution in [3.8, 4) is 0 Å². The third-order valence-electron chi connectivity index (χ3n) is 3.58. The van der Waals surface area contributed by atoms with Crippen LogP contribution in [0.15, 0.2) is 29.2 Å². The van der Waals surface area contributed by atoms with Crippen LogP contribution in [0.3, 0.4) is 0 Å². The van der Waals surface area contributed by atoms with Crippen molar-refractivity contribution >= 4 is 11.8 Å². The second-order valence-electron chi connectivity index (χ2n) is 5.45. The highest BCUT2D eigenvalue weighted by molar-refractivity contribution is 7.99. The number of benzene rings is 1. The average molecular weight is 279 g/mol. The summed E-state index contributed by atoms with van der Waals surface area (Å²) in [6, 6.07) is 8.93. The highest BCUT2D eigenvalue weighted by Gasteiger charge is 2.15. The molecule has 0 aliphatic carbocycles. The van der Waals surface area contributed by atoms with E-state index in [0.29, 0.717) is 12.1 Å². The molecule has 1 saturated heterocycles. The van der Waals surface area contributed by atoms with Crippen LogP contribution in [0.4, 0.5) is 0 Å². The first-order chi connectivity index (χ1) is 9.24. The fourth-order valence-electron chi connectivity index (χ4n) is 2.47. The van der Waals surface area contributed by atoms with Crippen LogP contribution in [-0.2, 0) is 4.74 Å². The van der Waals surface area contributed by atoms with Crippen LogP contribution in [0.5, 0.6) is 0 Å². The van der Waals surface area contributed by atoms with Crippen LogP contribution < -0.4 is 5.73 Å². The van der Waals surface area contributed by atoms with Gasteiger partial charge in [0, 0.05) is 23.3 Å². The number of rotatable bonds is 7. The van der Waals surface area contributed by atoms with Gasteiger partial charge in [0.1, 0.15) is 0 Å². The Morgan fingerprint density at radius 1 is 1.47 bits per heavy atom. The van der Waals surface area contributed by atoms with Crippen molar-refractivity contribution in [2.24, 2.45) is 5.73 Å². The van der Waals surface area contributed by atoms with Crippen molar-refractivity contribution in [2.75, 3.05) is 12.4 Å². The number of aryl methyl sites for hydroxylation is 1. The average Bonchev–Trinajstić information content (AvgIpc) is 2.90. The van der Waals surface area contributed by atoms with Gasteiger partial charge in [-0.3, -0.25) is 0 Å². The molecule has 19 heavy (non-hydrogen) atoms. The topological polar surface area (TPSA) is 35.2 Å². The van der Waals surface area contributed by atoms with Crippen LogP contribution in [0, 0.1) is 6.92 Å². The van der Waals surface area contributed by atoms with Crippen LogP contribution in [0.2, 0.25) is 0 Å². The number of thioether (sulfide) groups is 1. The summed E-state index contributed by atoms with van der Waals surface area (Å²) in [4.78, 5) is 1.33. The Balaban J connectivity index is 1.60. The van der Waals surface area contributed by atoms with Gasteiger partial charge in [-0.2, -0.15) is 0 Å². The Labute approximate surface area is 121 Å². The number of ether oxygens (including phenoxy) is 1. The summed E-state index contributed by atoms with van der Waals surface area (Å²) >= 11 is 1.87. The molecule has 3 heteroatoms. The number of hydrogen-bond acceptors (Lipinski definition) is 3. The fourth-order valence-corrected chi connectivity index (χ4v) is 3.49. The zero-order valence-corrected chi connectivity index (χ0v) is 12.6. The van der Waals surface area contributed by atoms with Crippen molar-refractivity contribution in [3.05, 3.63) is 29.8 Å². The van der Waals surface area contributed by atoms with Gasteiger partial charge in [-0.05, 0) is 51.2 Å². The lowest BCUT2D eigenvalue weighted by Crippen LogP contribution is -2.23. The van der Waals surface area contributed by atoms with Crippen LogP contribution in [0.1, 0.15) is 37.7 Å². The van der Waals surface area contributed by atoms with Crippen molar-refractivity contribution in [3.63, 3.8) is 0 Å². The maximum absolute atomic E-state index is 6.18. The van der Waals surface area contributed by atoms with Gasteiger partial charge in [-0.1, -0.05) is 17.7 Å². The van der Waals surface area contributed by atoms with Gasteiger partial charge in [0.05, 0.1) is 6.10 Å². The maximum atomic E-state index is 6.18. The van der Waals surface area contributed by atoms with Crippen LogP contribution in [0.25, 0.3) is 0 Å². The Bertz CT molecular complexity index is 377. The van der Waals surface area contributed by atoms with Crippen LogP contribution >= 0.6 is 11.8 Å². The largest absolute Gasteiger partial charge is 0.378 e. The smallest absolute Gasteiger partial charge is 0.0576 e. The van der Waals surface area contributed by atoms with E-state index in [2.05, 4.69) is 31.2 Å². The Kier molecular flexibility index (Phi) is 6.21. The van der Waals surface area contributed by atoms with E-state index >= 15 is 0 Å². The summed E-state index contributed by atoms with van der Waals surface area (Å²) in [6.45, 7) is 3.09. The van der Waals surface area contributed by atoms with Crippen molar-refractivity contribution < 1.29 is 4.74 Å². The second kappa shape index (κ2) is 7.93. The Morgan fingerprint density at radius 2 is 2.37 bits per heavy atom. The lowest BCUT2D eigenvalue weighted by molar-refractivity contribution is 0.102. The molecule has 1 aromatic rings. The van der Waals surface area contributed by atoms with Crippen molar-refractivity contribution in [1.29, 1.82) is 0 Å². The summed E-state index contributed by atoms with van der Waals surface area (Å²) < 4.78 is 5.63. The second-order valence-corrected chi connectivity index (χ2v) is 6.55. The number of nitrogens with two attached hydrogens (primary N) is 1. The lowest BCUT2D eigenvalue weighted by Gasteiger charge is -2.13. The minimum atomic E-state index is 0.298. The lowest BCUT2D eigenvalue weighted by atomic mass is 10.1. The molecule has 1 aliphatic rings. The van der Waals surface area contributed by atoms with Crippen molar-refractivity contribution in [1.82, 2.24) is 0 Å². The van der Waals surface area contributed by atoms with Gasteiger partial charge in [0.25, 0.3) is 0 Å². The molecule has 1 aliphatic heterocycles. The van der Waals surface area contributed by atoms with E-state index in [1.165, 1.54) is 36.1 Å². The third-order valence-corrected chi connectivity index (χ3v) is 4.76. The molecule has 1 fully saturated rings. The predicted octanol–water partition coefficient (Wildman–Crippen LogP) is 3.76. The molecule has 2 N–H and O–H groups in total.